The van der Waals surface area contributed by atoms with Crippen LogP contribution in [0.4, 0.5) is 0 Å². The second-order valence-corrected chi connectivity index (χ2v) is 5.82. The standard InChI is InChI=1S/C20H25NO4/c1-5-25-20-14-11-12-21-18(13(14)9-10-17(20)23-3)15-7-6-8-16(22-2)19(15)24-4/h6-10,18,21H,5,11-12H2,1-4H3. The highest BCUT2D eigenvalue weighted by atomic mass is 16.5. The van der Waals surface area contributed by atoms with Crippen molar-refractivity contribution in [1.82, 2.24) is 5.32 Å². The molecule has 1 atom stereocenters. The molecule has 0 fully saturated rings. The van der Waals surface area contributed by atoms with Crippen molar-refractivity contribution in [2.75, 3.05) is 34.5 Å². The molecule has 0 saturated heterocycles. The van der Waals surface area contributed by atoms with Gasteiger partial charge in [-0.1, -0.05) is 18.2 Å². The van der Waals surface area contributed by atoms with Gasteiger partial charge in [0.2, 0.25) is 0 Å². The first kappa shape index (κ1) is 17.4. The van der Waals surface area contributed by atoms with Crippen molar-refractivity contribution in [3.8, 4) is 23.0 Å². The predicted octanol–water partition coefficient (Wildman–Crippen LogP) is 3.35. The average Bonchev–Trinajstić information content (AvgIpc) is 2.67. The number of ether oxygens (including phenoxy) is 4. The molecule has 2 aromatic carbocycles. The Hall–Kier alpha value is -2.40. The summed E-state index contributed by atoms with van der Waals surface area (Å²) in [5.41, 5.74) is 3.42. The number of para-hydroxylation sites is 1. The molecule has 25 heavy (non-hydrogen) atoms. The lowest BCUT2D eigenvalue weighted by molar-refractivity contribution is 0.304. The van der Waals surface area contributed by atoms with Crippen molar-refractivity contribution in [1.29, 1.82) is 0 Å². The van der Waals surface area contributed by atoms with E-state index in [-0.39, 0.29) is 6.04 Å². The Labute approximate surface area is 148 Å². The van der Waals surface area contributed by atoms with Crippen LogP contribution in [0.3, 0.4) is 0 Å². The topological polar surface area (TPSA) is 49.0 Å². The van der Waals surface area contributed by atoms with E-state index < -0.39 is 0 Å². The Kier molecular flexibility index (Phi) is 5.34. The van der Waals surface area contributed by atoms with E-state index in [0.29, 0.717) is 6.61 Å². The molecule has 2 aromatic rings. The smallest absolute Gasteiger partial charge is 0.165 e. The summed E-state index contributed by atoms with van der Waals surface area (Å²) in [6, 6.07) is 10.0. The third kappa shape index (κ3) is 3.12. The van der Waals surface area contributed by atoms with E-state index in [1.165, 1.54) is 11.1 Å². The van der Waals surface area contributed by atoms with Gasteiger partial charge < -0.3 is 24.3 Å². The fourth-order valence-corrected chi connectivity index (χ4v) is 3.48. The first-order valence-corrected chi connectivity index (χ1v) is 8.51. The van der Waals surface area contributed by atoms with Crippen molar-refractivity contribution in [2.45, 2.75) is 19.4 Å². The van der Waals surface area contributed by atoms with Gasteiger partial charge in [-0.25, -0.2) is 0 Å². The van der Waals surface area contributed by atoms with Crippen LogP contribution >= 0.6 is 0 Å². The van der Waals surface area contributed by atoms with Gasteiger partial charge in [-0.15, -0.1) is 0 Å². The molecule has 0 aromatic heterocycles. The first-order chi connectivity index (χ1) is 12.2. The monoisotopic (exact) mass is 343 g/mol. The van der Waals surface area contributed by atoms with E-state index in [1.54, 1.807) is 21.3 Å². The van der Waals surface area contributed by atoms with E-state index in [4.69, 9.17) is 18.9 Å². The predicted molar refractivity (Wildman–Crippen MR) is 97.3 cm³/mol. The van der Waals surface area contributed by atoms with Crippen LogP contribution in [0.15, 0.2) is 30.3 Å². The van der Waals surface area contributed by atoms with Gasteiger partial charge in [0, 0.05) is 17.7 Å². The van der Waals surface area contributed by atoms with Crippen molar-refractivity contribution >= 4 is 0 Å². The summed E-state index contributed by atoms with van der Waals surface area (Å²) in [5.74, 6) is 3.10. The largest absolute Gasteiger partial charge is 0.493 e. The number of hydrogen-bond acceptors (Lipinski definition) is 5. The minimum Gasteiger partial charge on any atom is -0.493 e. The van der Waals surface area contributed by atoms with E-state index in [2.05, 4.69) is 17.4 Å². The zero-order valence-electron chi connectivity index (χ0n) is 15.2. The van der Waals surface area contributed by atoms with Crippen molar-refractivity contribution in [3.63, 3.8) is 0 Å². The van der Waals surface area contributed by atoms with E-state index in [0.717, 1.165) is 41.5 Å². The fraction of sp³-hybridized carbons (Fsp3) is 0.400. The van der Waals surface area contributed by atoms with Gasteiger partial charge in [-0.3, -0.25) is 0 Å². The quantitative estimate of drug-likeness (QED) is 0.872. The molecular weight excluding hydrogens is 318 g/mol. The summed E-state index contributed by atoms with van der Waals surface area (Å²) in [5, 5.41) is 3.59. The Morgan fingerprint density at radius 3 is 2.36 bits per heavy atom. The zero-order chi connectivity index (χ0) is 17.8. The van der Waals surface area contributed by atoms with Crippen molar-refractivity contribution < 1.29 is 18.9 Å². The molecule has 1 aliphatic rings. The summed E-state index contributed by atoms with van der Waals surface area (Å²) in [7, 11) is 5.00. The Morgan fingerprint density at radius 1 is 0.920 bits per heavy atom. The molecule has 1 unspecified atom stereocenters. The number of rotatable bonds is 6. The van der Waals surface area contributed by atoms with Gasteiger partial charge in [-0.2, -0.15) is 0 Å². The maximum absolute atomic E-state index is 5.90. The number of benzene rings is 2. The summed E-state index contributed by atoms with van der Waals surface area (Å²) in [6.45, 7) is 3.45. The third-order valence-electron chi connectivity index (χ3n) is 4.55. The second kappa shape index (κ2) is 7.66. The molecule has 0 aliphatic carbocycles. The fourth-order valence-electron chi connectivity index (χ4n) is 3.48. The maximum Gasteiger partial charge on any atom is 0.165 e. The Bertz CT molecular complexity index is 745. The van der Waals surface area contributed by atoms with Crippen molar-refractivity contribution in [3.05, 3.63) is 47.0 Å². The van der Waals surface area contributed by atoms with Gasteiger partial charge in [0.1, 0.15) is 0 Å². The highest BCUT2D eigenvalue weighted by Crippen LogP contribution is 2.43. The normalized spacial score (nSPS) is 16.1. The average molecular weight is 343 g/mol. The summed E-state index contributed by atoms with van der Waals surface area (Å²) >= 11 is 0. The van der Waals surface area contributed by atoms with Crippen LogP contribution in [0.25, 0.3) is 0 Å². The van der Waals surface area contributed by atoms with Crippen LogP contribution in [0.5, 0.6) is 23.0 Å². The van der Waals surface area contributed by atoms with Crippen LogP contribution < -0.4 is 24.3 Å². The molecule has 1 N–H and O–H groups in total. The number of hydrogen-bond donors (Lipinski definition) is 1. The van der Waals surface area contributed by atoms with Crippen LogP contribution in [-0.2, 0) is 6.42 Å². The SMILES string of the molecule is CCOc1c(OC)ccc2c1CCNC2c1cccc(OC)c1OC. The van der Waals surface area contributed by atoms with Crippen LogP contribution in [0, 0.1) is 0 Å². The lowest BCUT2D eigenvalue weighted by Crippen LogP contribution is -2.31. The molecule has 5 nitrogen and oxygen atoms in total. The third-order valence-corrected chi connectivity index (χ3v) is 4.55. The highest BCUT2D eigenvalue weighted by Gasteiger charge is 2.28. The molecule has 1 heterocycles. The maximum atomic E-state index is 5.90. The van der Waals surface area contributed by atoms with Gasteiger partial charge in [-0.05, 0) is 31.0 Å². The lowest BCUT2D eigenvalue weighted by atomic mass is 9.88. The van der Waals surface area contributed by atoms with E-state index in [9.17, 15) is 0 Å². The summed E-state index contributed by atoms with van der Waals surface area (Å²) < 4.78 is 22.5. The molecule has 0 saturated carbocycles. The molecule has 3 rings (SSSR count). The molecule has 5 heteroatoms. The number of fused-ring (bicyclic) bond motifs is 1. The molecule has 134 valence electrons. The minimum absolute atomic E-state index is 0.0129. The van der Waals surface area contributed by atoms with Crippen LogP contribution in [-0.4, -0.2) is 34.5 Å². The van der Waals surface area contributed by atoms with E-state index in [1.807, 2.05) is 25.1 Å². The number of methoxy groups -OCH3 is 3. The molecular formula is C20H25NO4. The van der Waals surface area contributed by atoms with Crippen molar-refractivity contribution in [2.24, 2.45) is 0 Å². The first-order valence-electron chi connectivity index (χ1n) is 8.51. The van der Waals surface area contributed by atoms with E-state index >= 15 is 0 Å². The lowest BCUT2D eigenvalue weighted by Gasteiger charge is -2.30. The molecule has 1 aliphatic heterocycles. The second-order valence-electron chi connectivity index (χ2n) is 5.82. The van der Waals surface area contributed by atoms with Gasteiger partial charge in [0.15, 0.2) is 23.0 Å². The number of nitrogens with one attached hydrogen (secondary N) is 1. The molecule has 0 amide bonds. The highest BCUT2D eigenvalue weighted by molar-refractivity contribution is 5.57. The van der Waals surface area contributed by atoms with Gasteiger partial charge >= 0.3 is 0 Å². The van der Waals surface area contributed by atoms with Gasteiger partial charge in [0.05, 0.1) is 34.0 Å². The molecule has 0 spiro atoms. The minimum atomic E-state index is 0.0129. The van der Waals surface area contributed by atoms with Crippen LogP contribution in [0.1, 0.15) is 29.7 Å². The summed E-state index contributed by atoms with van der Waals surface area (Å²) in [4.78, 5) is 0. The molecule has 0 radical (unpaired) electrons. The Morgan fingerprint density at radius 2 is 1.68 bits per heavy atom. The Balaban J connectivity index is 2.13. The summed E-state index contributed by atoms with van der Waals surface area (Å²) in [6.07, 6.45) is 0.894. The molecule has 0 bridgehead atoms. The van der Waals surface area contributed by atoms with Gasteiger partial charge in [0.25, 0.3) is 0 Å². The van der Waals surface area contributed by atoms with Crippen LogP contribution in [0.2, 0.25) is 0 Å². The zero-order valence-corrected chi connectivity index (χ0v) is 15.2.